The minimum absolute atomic E-state index is 0.678. The van der Waals surface area contributed by atoms with E-state index in [4.69, 9.17) is 19.3 Å². The summed E-state index contributed by atoms with van der Waals surface area (Å²) in [5.74, 6) is 0. The van der Waals surface area contributed by atoms with Crippen molar-refractivity contribution in [2.24, 2.45) is 0 Å². The topological polar surface area (TPSA) is 190 Å². The quantitative estimate of drug-likeness (QED) is 0.240. The van der Waals surface area contributed by atoms with Crippen LogP contribution in [0.25, 0.3) is 0 Å². The van der Waals surface area contributed by atoms with Crippen LogP contribution in [0, 0.1) is 0 Å². The first-order valence-corrected chi connectivity index (χ1v) is 7.45. The van der Waals surface area contributed by atoms with Crippen molar-refractivity contribution in [3.63, 3.8) is 0 Å². The number of aliphatic hydroxyl groups excluding tert-OH is 8. The summed E-state index contributed by atoms with van der Waals surface area (Å²) in [6, 6.07) is 0. The third-order valence-corrected chi connectivity index (χ3v) is 4.46. The SMILES string of the molecule is CO[C@@H]1[C@@H](O)[C@@H](O[C@H]2O[C@H](CO)[C@H](O)[C@H](O)[C@H]2O)[C@H](O)[C@H](O)[C@H]1O. The van der Waals surface area contributed by atoms with Gasteiger partial charge in [-0.3, -0.25) is 0 Å². The van der Waals surface area contributed by atoms with E-state index in [9.17, 15) is 35.7 Å². The molecule has 142 valence electrons. The van der Waals surface area contributed by atoms with Crippen molar-refractivity contribution >= 4 is 0 Å². The molecular weight excluding hydrogens is 332 g/mol. The monoisotopic (exact) mass is 356 g/mol. The minimum Gasteiger partial charge on any atom is -0.394 e. The summed E-state index contributed by atoms with van der Waals surface area (Å²) in [5, 5.41) is 78.2. The zero-order chi connectivity index (χ0) is 18.2. The Labute approximate surface area is 137 Å². The maximum absolute atomic E-state index is 10.2. The maximum Gasteiger partial charge on any atom is 0.187 e. The van der Waals surface area contributed by atoms with Crippen molar-refractivity contribution in [2.75, 3.05) is 13.7 Å². The summed E-state index contributed by atoms with van der Waals surface area (Å²) in [7, 11) is 1.17. The highest BCUT2D eigenvalue weighted by Gasteiger charge is 2.53. The second kappa shape index (κ2) is 7.85. The molecule has 2 fully saturated rings. The van der Waals surface area contributed by atoms with E-state index in [0.29, 0.717) is 0 Å². The van der Waals surface area contributed by atoms with Gasteiger partial charge in [0.1, 0.15) is 61.0 Å². The van der Waals surface area contributed by atoms with Crippen molar-refractivity contribution in [2.45, 2.75) is 67.3 Å². The molecule has 0 unspecified atom stereocenters. The maximum atomic E-state index is 10.2. The van der Waals surface area contributed by atoms with Gasteiger partial charge in [0, 0.05) is 7.11 Å². The molecule has 8 N–H and O–H groups in total. The Hall–Kier alpha value is -0.440. The van der Waals surface area contributed by atoms with Crippen molar-refractivity contribution in [3.05, 3.63) is 0 Å². The van der Waals surface area contributed by atoms with E-state index in [0.717, 1.165) is 0 Å². The zero-order valence-corrected chi connectivity index (χ0v) is 12.9. The van der Waals surface area contributed by atoms with Crippen LogP contribution in [0.15, 0.2) is 0 Å². The highest BCUT2D eigenvalue weighted by atomic mass is 16.7. The predicted octanol–water partition coefficient (Wildman–Crippen LogP) is -5.36. The first kappa shape index (κ1) is 19.9. The largest absolute Gasteiger partial charge is 0.394 e. The average Bonchev–Trinajstić information content (AvgIpc) is 2.57. The number of hydrogen-bond acceptors (Lipinski definition) is 11. The lowest BCUT2D eigenvalue weighted by atomic mass is 9.84. The van der Waals surface area contributed by atoms with Crippen LogP contribution in [0.3, 0.4) is 0 Å². The fraction of sp³-hybridized carbons (Fsp3) is 1.00. The molecule has 1 saturated carbocycles. The van der Waals surface area contributed by atoms with Gasteiger partial charge in [0.05, 0.1) is 6.61 Å². The Morgan fingerprint density at radius 3 is 1.79 bits per heavy atom. The number of aliphatic hydroxyl groups is 8. The van der Waals surface area contributed by atoms with Crippen LogP contribution in [-0.4, -0.2) is 122 Å². The smallest absolute Gasteiger partial charge is 0.187 e. The number of ether oxygens (including phenoxy) is 3. The van der Waals surface area contributed by atoms with Gasteiger partial charge in [-0.15, -0.1) is 0 Å². The lowest BCUT2D eigenvalue weighted by molar-refractivity contribution is -0.340. The summed E-state index contributed by atoms with van der Waals surface area (Å²) < 4.78 is 15.3. The summed E-state index contributed by atoms with van der Waals surface area (Å²) in [6.45, 7) is -0.678. The normalized spacial score (nSPS) is 53.1. The molecule has 1 aliphatic heterocycles. The lowest BCUT2D eigenvalue weighted by Crippen LogP contribution is -2.67. The first-order valence-electron chi connectivity index (χ1n) is 7.45. The van der Waals surface area contributed by atoms with E-state index < -0.39 is 73.9 Å². The average molecular weight is 356 g/mol. The van der Waals surface area contributed by atoms with Crippen molar-refractivity contribution in [3.8, 4) is 0 Å². The van der Waals surface area contributed by atoms with E-state index in [1.165, 1.54) is 7.11 Å². The number of rotatable bonds is 4. The van der Waals surface area contributed by atoms with Crippen LogP contribution in [-0.2, 0) is 14.2 Å². The van der Waals surface area contributed by atoms with Crippen LogP contribution in [0.5, 0.6) is 0 Å². The van der Waals surface area contributed by atoms with Gasteiger partial charge in [0.15, 0.2) is 6.29 Å². The summed E-state index contributed by atoms with van der Waals surface area (Å²) in [6.07, 6.45) is -17.3. The van der Waals surface area contributed by atoms with Crippen LogP contribution in [0.1, 0.15) is 0 Å². The van der Waals surface area contributed by atoms with Crippen molar-refractivity contribution in [1.82, 2.24) is 0 Å². The van der Waals surface area contributed by atoms with Gasteiger partial charge < -0.3 is 55.1 Å². The molecule has 1 aliphatic carbocycles. The predicted molar refractivity (Wildman–Crippen MR) is 73.5 cm³/mol. The molecule has 1 saturated heterocycles. The molecule has 0 aromatic heterocycles. The molecule has 11 nitrogen and oxygen atoms in total. The molecule has 0 amide bonds. The van der Waals surface area contributed by atoms with Crippen molar-refractivity contribution in [1.29, 1.82) is 0 Å². The molecule has 11 atom stereocenters. The van der Waals surface area contributed by atoms with E-state index >= 15 is 0 Å². The number of methoxy groups -OCH3 is 1. The zero-order valence-electron chi connectivity index (χ0n) is 12.9. The van der Waals surface area contributed by atoms with Gasteiger partial charge in [-0.1, -0.05) is 0 Å². The van der Waals surface area contributed by atoms with E-state index in [-0.39, 0.29) is 0 Å². The number of hydrogen-bond donors (Lipinski definition) is 8. The molecule has 1 heterocycles. The van der Waals surface area contributed by atoms with E-state index in [1.807, 2.05) is 0 Å². The summed E-state index contributed by atoms with van der Waals surface area (Å²) in [4.78, 5) is 0. The molecule has 0 aromatic rings. The molecule has 11 heteroatoms. The van der Waals surface area contributed by atoms with Gasteiger partial charge in [0.25, 0.3) is 0 Å². The Balaban J connectivity index is 2.15. The molecule has 2 rings (SSSR count). The van der Waals surface area contributed by atoms with Gasteiger partial charge in [0.2, 0.25) is 0 Å². The Morgan fingerprint density at radius 1 is 0.708 bits per heavy atom. The third kappa shape index (κ3) is 3.43. The van der Waals surface area contributed by atoms with Crippen LogP contribution < -0.4 is 0 Å². The summed E-state index contributed by atoms with van der Waals surface area (Å²) in [5.41, 5.74) is 0. The van der Waals surface area contributed by atoms with E-state index in [2.05, 4.69) is 0 Å². The highest BCUT2D eigenvalue weighted by molar-refractivity contribution is 5.01. The Morgan fingerprint density at radius 2 is 1.25 bits per heavy atom. The highest BCUT2D eigenvalue weighted by Crippen LogP contribution is 2.30. The van der Waals surface area contributed by atoms with E-state index in [1.54, 1.807) is 0 Å². The van der Waals surface area contributed by atoms with Crippen LogP contribution in [0.4, 0.5) is 0 Å². The Kier molecular flexibility index (Phi) is 6.50. The van der Waals surface area contributed by atoms with Gasteiger partial charge in [-0.25, -0.2) is 0 Å². The molecular formula is C13H24O11. The molecule has 0 bridgehead atoms. The van der Waals surface area contributed by atoms with Gasteiger partial charge >= 0.3 is 0 Å². The summed E-state index contributed by atoms with van der Waals surface area (Å²) >= 11 is 0. The minimum atomic E-state index is -1.74. The Bertz CT molecular complexity index is 407. The van der Waals surface area contributed by atoms with Gasteiger partial charge in [-0.05, 0) is 0 Å². The lowest BCUT2D eigenvalue weighted by Gasteiger charge is -2.46. The van der Waals surface area contributed by atoms with Crippen LogP contribution in [0.2, 0.25) is 0 Å². The molecule has 0 spiro atoms. The first-order chi connectivity index (χ1) is 11.2. The standard InChI is InChI=1S/C13H24O11/c1-22-11-7(18)6(17)8(19)12(10(11)21)24-13-9(20)5(16)4(15)3(2-14)23-13/h3-21H,2H2,1H3/t3-,4+,5+,6-,7-,8-,9-,10-,11+,12+,13-/m1/s1. The molecule has 0 aromatic carbocycles. The second-order valence-electron chi connectivity index (χ2n) is 5.96. The van der Waals surface area contributed by atoms with Crippen LogP contribution >= 0.6 is 0 Å². The van der Waals surface area contributed by atoms with Crippen molar-refractivity contribution < 1.29 is 55.1 Å². The fourth-order valence-corrected chi connectivity index (χ4v) is 2.96. The molecule has 2 aliphatic rings. The fourth-order valence-electron chi connectivity index (χ4n) is 2.96. The third-order valence-electron chi connectivity index (χ3n) is 4.46. The molecule has 0 radical (unpaired) electrons. The molecule has 24 heavy (non-hydrogen) atoms. The van der Waals surface area contributed by atoms with Gasteiger partial charge in [-0.2, -0.15) is 0 Å². The second-order valence-corrected chi connectivity index (χ2v) is 5.96.